The topological polar surface area (TPSA) is 23.6 Å². The summed E-state index contributed by atoms with van der Waals surface area (Å²) in [6, 6.07) is 11.0. The van der Waals surface area contributed by atoms with Crippen LogP contribution in [0.3, 0.4) is 0 Å². The SMILES string of the molecule is O=C(c1cc2sc3ccccc3c2s1)N1CCCC1CN1CCCC1. The van der Waals surface area contributed by atoms with Crippen molar-refractivity contribution in [2.75, 3.05) is 26.2 Å². The molecule has 5 heteroatoms. The van der Waals surface area contributed by atoms with Crippen LogP contribution in [0.2, 0.25) is 0 Å². The molecule has 0 N–H and O–H groups in total. The Bertz CT molecular complexity index is 922. The van der Waals surface area contributed by atoms with Crippen molar-refractivity contribution in [3.8, 4) is 0 Å². The second kappa shape index (κ2) is 6.38. The van der Waals surface area contributed by atoms with Gasteiger partial charge in [0.1, 0.15) is 0 Å². The van der Waals surface area contributed by atoms with Gasteiger partial charge in [-0.25, -0.2) is 0 Å². The summed E-state index contributed by atoms with van der Waals surface area (Å²) in [5, 5.41) is 1.29. The maximum atomic E-state index is 13.2. The fourth-order valence-corrected chi connectivity index (χ4v) is 6.78. The van der Waals surface area contributed by atoms with Gasteiger partial charge in [-0.05, 0) is 50.9 Å². The molecule has 2 saturated heterocycles. The number of amides is 1. The van der Waals surface area contributed by atoms with E-state index >= 15 is 0 Å². The molecule has 2 aromatic heterocycles. The number of benzene rings is 1. The van der Waals surface area contributed by atoms with Crippen molar-refractivity contribution in [3.05, 3.63) is 35.2 Å². The second-order valence-electron chi connectivity index (χ2n) is 7.20. The van der Waals surface area contributed by atoms with Crippen LogP contribution in [0.1, 0.15) is 35.4 Å². The molecule has 1 aromatic carbocycles. The van der Waals surface area contributed by atoms with Gasteiger partial charge in [-0.1, -0.05) is 18.2 Å². The lowest BCUT2D eigenvalue weighted by Gasteiger charge is -2.28. The van der Waals surface area contributed by atoms with Crippen molar-refractivity contribution in [1.82, 2.24) is 9.80 Å². The summed E-state index contributed by atoms with van der Waals surface area (Å²) in [5.74, 6) is 0.249. The van der Waals surface area contributed by atoms with E-state index in [0.717, 1.165) is 30.8 Å². The highest BCUT2D eigenvalue weighted by atomic mass is 32.1. The molecular formula is C20H22N2OS2. The molecule has 3 aromatic rings. The number of fused-ring (bicyclic) bond motifs is 3. The molecular weight excluding hydrogens is 348 g/mol. The summed E-state index contributed by atoms with van der Waals surface area (Å²) in [4.78, 5) is 18.8. The number of thiophene rings is 2. The van der Waals surface area contributed by atoms with Crippen molar-refractivity contribution in [2.24, 2.45) is 0 Å². The van der Waals surface area contributed by atoms with Crippen LogP contribution in [-0.4, -0.2) is 47.9 Å². The third-order valence-electron chi connectivity index (χ3n) is 5.57. The quantitative estimate of drug-likeness (QED) is 0.660. The van der Waals surface area contributed by atoms with Crippen LogP contribution in [0.15, 0.2) is 30.3 Å². The fraction of sp³-hybridized carbons (Fsp3) is 0.450. The van der Waals surface area contributed by atoms with Gasteiger partial charge >= 0.3 is 0 Å². The lowest BCUT2D eigenvalue weighted by molar-refractivity contribution is 0.0714. The van der Waals surface area contributed by atoms with Crippen LogP contribution in [0.25, 0.3) is 19.5 Å². The van der Waals surface area contributed by atoms with Gasteiger partial charge < -0.3 is 9.80 Å². The van der Waals surface area contributed by atoms with E-state index in [2.05, 4.69) is 40.1 Å². The normalized spacial score (nSPS) is 21.8. The smallest absolute Gasteiger partial charge is 0.264 e. The fourth-order valence-electron chi connectivity index (χ4n) is 4.30. The number of hydrogen-bond acceptors (Lipinski definition) is 4. The molecule has 0 spiro atoms. The molecule has 3 nitrogen and oxygen atoms in total. The number of nitrogens with zero attached hydrogens (tertiary/aromatic N) is 2. The van der Waals surface area contributed by atoms with Gasteiger partial charge in [0, 0.05) is 33.9 Å². The molecule has 2 fully saturated rings. The third-order valence-corrected chi connectivity index (χ3v) is 7.97. The van der Waals surface area contributed by atoms with Crippen LogP contribution in [0, 0.1) is 0 Å². The molecule has 1 atom stereocenters. The molecule has 0 radical (unpaired) electrons. The predicted octanol–water partition coefficient (Wildman–Crippen LogP) is 4.82. The van der Waals surface area contributed by atoms with Crippen molar-refractivity contribution >= 4 is 48.1 Å². The summed E-state index contributed by atoms with van der Waals surface area (Å²) >= 11 is 3.48. The highest BCUT2D eigenvalue weighted by Gasteiger charge is 2.32. The number of carbonyl (C=O) groups is 1. The lowest BCUT2D eigenvalue weighted by atomic mass is 10.2. The Hall–Kier alpha value is -1.43. The first-order valence-electron chi connectivity index (χ1n) is 9.24. The number of rotatable bonds is 3. The largest absolute Gasteiger partial charge is 0.334 e. The van der Waals surface area contributed by atoms with E-state index in [0.29, 0.717) is 6.04 Å². The molecule has 5 rings (SSSR count). The highest BCUT2D eigenvalue weighted by Crippen LogP contribution is 2.40. The Morgan fingerprint density at radius 1 is 1.04 bits per heavy atom. The molecule has 4 heterocycles. The average Bonchev–Trinajstić information content (AvgIpc) is 3.39. The van der Waals surface area contributed by atoms with E-state index in [4.69, 9.17) is 0 Å². The van der Waals surface area contributed by atoms with E-state index in [1.165, 1.54) is 45.4 Å². The van der Waals surface area contributed by atoms with Crippen molar-refractivity contribution < 1.29 is 4.79 Å². The Morgan fingerprint density at radius 2 is 1.88 bits per heavy atom. The van der Waals surface area contributed by atoms with Crippen molar-refractivity contribution in [2.45, 2.75) is 31.7 Å². The molecule has 0 bridgehead atoms. The summed E-state index contributed by atoms with van der Waals surface area (Å²) in [5.41, 5.74) is 0. The zero-order valence-electron chi connectivity index (χ0n) is 14.2. The predicted molar refractivity (Wildman–Crippen MR) is 107 cm³/mol. The molecule has 0 aliphatic carbocycles. The first kappa shape index (κ1) is 15.8. The molecule has 0 saturated carbocycles. The minimum absolute atomic E-state index is 0.249. The number of carbonyl (C=O) groups excluding carboxylic acids is 1. The van der Waals surface area contributed by atoms with Crippen LogP contribution in [0.4, 0.5) is 0 Å². The monoisotopic (exact) mass is 370 g/mol. The highest BCUT2D eigenvalue weighted by molar-refractivity contribution is 7.33. The second-order valence-corrected chi connectivity index (χ2v) is 9.34. The molecule has 2 aliphatic rings. The Kier molecular flexibility index (Phi) is 4.03. The number of likely N-dealkylation sites (tertiary alicyclic amines) is 2. The van der Waals surface area contributed by atoms with Gasteiger partial charge in [0.25, 0.3) is 5.91 Å². The zero-order chi connectivity index (χ0) is 16.8. The maximum Gasteiger partial charge on any atom is 0.264 e. The minimum Gasteiger partial charge on any atom is -0.334 e. The molecule has 25 heavy (non-hydrogen) atoms. The van der Waals surface area contributed by atoms with Crippen LogP contribution in [0.5, 0.6) is 0 Å². The number of hydrogen-bond donors (Lipinski definition) is 0. The maximum absolute atomic E-state index is 13.2. The van der Waals surface area contributed by atoms with Crippen molar-refractivity contribution in [1.29, 1.82) is 0 Å². The summed E-state index contributed by atoms with van der Waals surface area (Å²) < 4.78 is 3.85. The van der Waals surface area contributed by atoms with Gasteiger partial charge in [-0.2, -0.15) is 0 Å². The zero-order valence-corrected chi connectivity index (χ0v) is 15.9. The van der Waals surface area contributed by atoms with Gasteiger partial charge in [-0.3, -0.25) is 4.79 Å². The Balaban J connectivity index is 1.41. The van der Waals surface area contributed by atoms with Gasteiger partial charge in [0.2, 0.25) is 0 Å². The standard InChI is InChI=1S/C20H22N2OS2/c23-20(22-11-5-6-14(22)13-21-9-3-4-10-21)18-12-17-19(25-18)15-7-1-2-8-16(15)24-17/h1-2,7-8,12,14H,3-6,9-11,13H2. The Labute approximate surface area is 155 Å². The van der Waals surface area contributed by atoms with Gasteiger partial charge in [-0.15, -0.1) is 22.7 Å². The van der Waals surface area contributed by atoms with E-state index in [-0.39, 0.29) is 5.91 Å². The van der Waals surface area contributed by atoms with Crippen LogP contribution in [-0.2, 0) is 0 Å². The summed E-state index contributed by atoms with van der Waals surface area (Å²) in [7, 11) is 0. The first-order chi connectivity index (χ1) is 12.3. The summed E-state index contributed by atoms with van der Waals surface area (Å²) in [6.07, 6.45) is 4.93. The van der Waals surface area contributed by atoms with E-state index in [9.17, 15) is 4.79 Å². The molecule has 1 amide bonds. The van der Waals surface area contributed by atoms with E-state index < -0.39 is 0 Å². The third kappa shape index (κ3) is 2.78. The molecule has 2 aliphatic heterocycles. The minimum atomic E-state index is 0.249. The van der Waals surface area contributed by atoms with Crippen LogP contribution >= 0.6 is 22.7 Å². The summed E-state index contributed by atoms with van der Waals surface area (Å²) in [6.45, 7) is 4.40. The molecule has 130 valence electrons. The lowest BCUT2D eigenvalue weighted by Crippen LogP contribution is -2.42. The Morgan fingerprint density at radius 3 is 2.76 bits per heavy atom. The van der Waals surface area contributed by atoms with Crippen molar-refractivity contribution in [3.63, 3.8) is 0 Å². The van der Waals surface area contributed by atoms with Gasteiger partial charge in [0.05, 0.1) is 9.58 Å². The first-order valence-corrected chi connectivity index (χ1v) is 10.9. The molecule has 1 unspecified atom stereocenters. The van der Waals surface area contributed by atoms with E-state index in [1.807, 2.05) is 0 Å². The van der Waals surface area contributed by atoms with Gasteiger partial charge in [0.15, 0.2) is 0 Å². The van der Waals surface area contributed by atoms with E-state index in [1.54, 1.807) is 22.7 Å². The van der Waals surface area contributed by atoms with Crippen LogP contribution < -0.4 is 0 Å². The average molecular weight is 371 g/mol.